The molecule has 1 unspecified atom stereocenters. The average molecular weight is 332 g/mol. The Hall–Kier alpha value is -3.14. The number of ether oxygens (including phenoxy) is 1. The van der Waals surface area contributed by atoms with E-state index in [1.54, 1.807) is 25.4 Å². The number of methoxy groups -OCH3 is 1. The van der Waals surface area contributed by atoms with Crippen molar-refractivity contribution in [2.45, 2.75) is 5.92 Å². The van der Waals surface area contributed by atoms with Crippen LogP contribution < -0.4 is 10.1 Å². The molecule has 1 amide bonds. The number of carbonyl (C=O) groups excluding carboxylic acids is 1. The predicted molar refractivity (Wildman–Crippen MR) is 97.8 cm³/mol. The Labute approximate surface area is 147 Å². The van der Waals surface area contributed by atoms with Crippen LogP contribution in [0.5, 0.6) is 5.75 Å². The summed E-state index contributed by atoms with van der Waals surface area (Å²) in [4.78, 5) is 16.8. The second-order valence-electron chi connectivity index (χ2n) is 5.66. The molecule has 1 heterocycles. The van der Waals surface area contributed by atoms with E-state index in [1.165, 1.54) is 0 Å². The summed E-state index contributed by atoms with van der Waals surface area (Å²) in [7, 11) is 1.64. The fraction of sp³-hybridized carbons (Fsp3) is 0.143. The normalized spacial score (nSPS) is 11.6. The molecule has 2 aromatic carbocycles. The monoisotopic (exact) mass is 332 g/mol. The molecule has 0 aliphatic rings. The van der Waals surface area contributed by atoms with Gasteiger partial charge in [-0.3, -0.25) is 9.78 Å². The first-order valence-electron chi connectivity index (χ1n) is 8.16. The van der Waals surface area contributed by atoms with Crippen LogP contribution in [0, 0.1) is 0 Å². The average Bonchev–Trinajstić information content (AvgIpc) is 2.70. The van der Waals surface area contributed by atoms with Crippen molar-refractivity contribution in [1.82, 2.24) is 10.3 Å². The van der Waals surface area contributed by atoms with Gasteiger partial charge in [-0.2, -0.15) is 0 Å². The molecule has 4 heteroatoms. The summed E-state index contributed by atoms with van der Waals surface area (Å²) >= 11 is 0. The molecule has 0 aliphatic heterocycles. The molecule has 0 aliphatic carbocycles. The third-order valence-corrected chi connectivity index (χ3v) is 4.07. The summed E-state index contributed by atoms with van der Waals surface area (Å²) in [5.41, 5.74) is 2.64. The van der Waals surface area contributed by atoms with Gasteiger partial charge in [0.25, 0.3) is 5.91 Å². The highest BCUT2D eigenvalue weighted by molar-refractivity contribution is 5.94. The lowest BCUT2D eigenvalue weighted by Gasteiger charge is -2.18. The third kappa shape index (κ3) is 4.23. The van der Waals surface area contributed by atoms with Crippen molar-refractivity contribution in [1.29, 1.82) is 0 Å². The number of nitrogens with one attached hydrogen (secondary N) is 1. The minimum Gasteiger partial charge on any atom is -0.497 e. The molecule has 0 bridgehead atoms. The molecule has 4 nitrogen and oxygen atoms in total. The van der Waals surface area contributed by atoms with E-state index in [4.69, 9.17) is 4.74 Å². The zero-order valence-electron chi connectivity index (χ0n) is 14.1. The number of hydrogen-bond donors (Lipinski definition) is 1. The van der Waals surface area contributed by atoms with E-state index in [0.717, 1.165) is 17.0 Å². The van der Waals surface area contributed by atoms with Crippen molar-refractivity contribution < 1.29 is 9.53 Å². The van der Waals surface area contributed by atoms with Crippen LogP contribution in [0.25, 0.3) is 0 Å². The molecule has 0 radical (unpaired) electrons. The molecule has 1 atom stereocenters. The Morgan fingerprint density at radius 2 is 1.72 bits per heavy atom. The second-order valence-corrected chi connectivity index (χ2v) is 5.66. The van der Waals surface area contributed by atoms with E-state index >= 15 is 0 Å². The van der Waals surface area contributed by atoms with Crippen molar-refractivity contribution >= 4 is 5.91 Å². The molecule has 1 aromatic heterocycles. The van der Waals surface area contributed by atoms with Gasteiger partial charge < -0.3 is 10.1 Å². The van der Waals surface area contributed by atoms with Gasteiger partial charge in [-0.15, -0.1) is 0 Å². The van der Waals surface area contributed by atoms with Crippen molar-refractivity contribution in [2.75, 3.05) is 13.7 Å². The fourth-order valence-electron chi connectivity index (χ4n) is 2.70. The van der Waals surface area contributed by atoms with Crippen molar-refractivity contribution in [3.8, 4) is 5.75 Å². The van der Waals surface area contributed by atoms with Gasteiger partial charge >= 0.3 is 0 Å². The van der Waals surface area contributed by atoms with Crippen LogP contribution in [-0.2, 0) is 0 Å². The highest BCUT2D eigenvalue weighted by Gasteiger charge is 2.17. The Morgan fingerprint density at radius 3 is 2.36 bits per heavy atom. The maximum absolute atomic E-state index is 12.4. The second kappa shape index (κ2) is 8.11. The van der Waals surface area contributed by atoms with Gasteiger partial charge in [0.2, 0.25) is 0 Å². The zero-order valence-corrected chi connectivity index (χ0v) is 14.1. The minimum absolute atomic E-state index is 0.0280. The lowest BCUT2D eigenvalue weighted by atomic mass is 9.94. The fourth-order valence-corrected chi connectivity index (χ4v) is 2.70. The van der Waals surface area contributed by atoms with E-state index in [-0.39, 0.29) is 11.8 Å². The number of hydrogen-bond acceptors (Lipinski definition) is 3. The maximum atomic E-state index is 12.4. The number of benzene rings is 2. The molecule has 0 fully saturated rings. The third-order valence-electron chi connectivity index (χ3n) is 4.07. The minimum atomic E-state index is -0.0879. The molecule has 126 valence electrons. The number of nitrogens with zero attached hydrogens (tertiary/aromatic N) is 1. The first kappa shape index (κ1) is 16.7. The predicted octanol–water partition coefficient (Wildman–Crippen LogP) is 3.65. The first-order chi connectivity index (χ1) is 12.3. The van der Waals surface area contributed by atoms with E-state index in [0.29, 0.717) is 12.1 Å². The summed E-state index contributed by atoms with van der Waals surface area (Å²) in [6, 6.07) is 22.9. The molecule has 3 rings (SSSR count). The standard InChI is InChI=1S/C21H20N2O2/c1-25-18-12-10-16(11-13-18)19(20-9-5-6-14-22-20)15-23-21(24)17-7-3-2-4-8-17/h2-14,19H,15H2,1H3,(H,23,24). The van der Waals surface area contributed by atoms with Gasteiger partial charge in [0.05, 0.1) is 7.11 Å². The SMILES string of the molecule is COc1ccc(C(CNC(=O)c2ccccc2)c2ccccn2)cc1. The van der Waals surface area contributed by atoms with Crippen molar-refractivity contribution in [3.63, 3.8) is 0 Å². The van der Waals surface area contributed by atoms with Crippen LogP contribution in [0.2, 0.25) is 0 Å². The van der Waals surface area contributed by atoms with Gasteiger partial charge in [-0.1, -0.05) is 36.4 Å². The number of rotatable bonds is 6. The van der Waals surface area contributed by atoms with Gasteiger partial charge in [-0.05, 0) is 42.0 Å². The number of amides is 1. The summed E-state index contributed by atoms with van der Waals surface area (Å²) in [6.07, 6.45) is 1.77. The summed E-state index contributed by atoms with van der Waals surface area (Å²) in [5.74, 6) is 0.687. The van der Waals surface area contributed by atoms with Crippen LogP contribution in [0.1, 0.15) is 27.5 Å². The number of carbonyl (C=O) groups is 1. The Balaban J connectivity index is 1.80. The smallest absolute Gasteiger partial charge is 0.251 e. The molecule has 25 heavy (non-hydrogen) atoms. The Morgan fingerprint density at radius 1 is 1.00 bits per heavy atom. The maximum Gasteiger partial charge on any atom is 0.251 e. The van der Waals surface area contributed by atoms with Crippen LogP contribution in [0.3, 0.4) is 0 Å². The van der Waals surface area contributed by atoms with Crippen LogP contribution in [-0.4, -0.2) is 24.5 Å². The number of pyridine rings is 1. The Bertz CT molecular complexity index is 802. The van der Waals surface area contributed by atoms with Gasteiger partial charge in [0.1, 0.15) is 5.75 Å². The molecule has 3 aromatic rings. The highest BCUT2D eigenvalue weighted by atomic mass is 16.5. The molecular weight excluding hydrogens is 312 g/mol. The molecule has 1 N–H and O–H groups in total. The highest BCUT2D eigenvalue weighted by Crippen LogP contribution is 2.24. The van der Waals surface area contributed by atoms with Gasteiger partial charge in [0, 0.05) is 29.9 Å². The van der Waals surface area contributed by atoms with Crippen LogP contribution >= 0.6 is 0 Å². The van der Waals surface area contributed by atoms with Crippen molar-refractivity contribution in [3.05, 3.63) is 95.8 Å². The largest absolute Gasteiger partial charge is 0.497 e. The topological polar surface area (TPSA) is 51.2 Å². The quantitative estimate of drug-likeness (QED) is 0.749. The summed E-state index contributed by atoms with van der Waals surface area (Å²) < 4.78 is 5.23. The summed E-state index contributed by atoms with van der Waals surface area (Å²) in [5, 5.41) is 3.01. The lowest BCUT2D eigenvalue weighted by Crippen LogP contribution is -2.29. The lowest BCUT2D eigenvalue weighted by molar-refractivity contribution is 0.0952. The van der Waals surface area contributed by atoms with Gasteiger partial charge in [-0.25, -0.2) is 0 Å². The van der Waals surface area contributed by atoms with E-state index in [2.05, 4.69) is 10.3 Å². The summed E-state index contributed by atoms with van der Waals surface area (Å²) in [6.45, 7) is 0.469. The zero-order chi connectivity index (χ0) is 17.5. The van der Waals surface area contributed by atoms with E-state index in [9.17, 15) is 4.79 Å². The first-order valence-corrected chi connectivity index (χ1v) is 8.16. The molecule has 0 saturated carbocycles. The van der Waals surface area contributed by atoms with E-state index in [1.807, 2.05) is 60.7 Å². The molecule has 0 saturated heterocycles. The molecule has 0 spiro atoms. The van der Waals surface area contributed by atoms with Crippen LogP contribution in [0.4, 0.5) is 0 Å². The van der Waals surface area contributed by atoms with Gasteiger partial charge in [0.15, 0.2) is 0 Å². The molecular formula is C21H20N2O2. The van der Waals surface area contributed by atoms with E-state index < -0.39 is 0 Å². The van der Waals surface area contributed by atoms with Crippen molar-refractivity contribution in [2.24, 2.45) is 0 Å². The van der Waals surface area contributed by atoms with Crippen LogP contribution in [0.15, 0.2) is 79.0 Å². The number of aromatic nitrogens is 1. The Kier molecular flexibility index (Phi) is 5.42.